The van der Waals surface area contributed by atoms with Gasteiger partial charge in [-0.15, -0.1) is 0 Å². The zero-order chi connectivity index (χ0) is 14.0. The number of aliphatic hydroxyl groups is 1. The molecule has 2 N–H and O–H groups in total. The van der Waals surface area contributed by atoms with Crippen LogP contribution < -0.4 is 5.32 Å². The highest BCUT2D eigenvalue weighted by atomic mass is 79.9. The lowest BCUT2D eigenvalue weighted by Crippen LogP contribution is -2.30. The molecule has 0 aliphatic heterocycles. The molecule has 1 aromatic heterocycles. The van der Waals surface area contributed by atoms with Gasteiger partial charge in [-0.3, -0.25) is 9.78 Å². The number of hydrogen-bond acceptors (Lipinski definition) is 3. The van der Waals surface area contributed by atoms with E-state index in [4.69, 9.17) is 0 Å². The summed E-state index contributed by atoms with van der Waals surface area (Å²) >= 11 is 3.40. The maximum absolute atomic E-state index is 12.2. The highest BCUT2D eigenvalue weighted by Gasteiger charge is 2.12. The third-order valence-corrected chi connectivity index (χ3v) is 3.19. The Hall–Kier alpha value is -1.46. The number of benzene rings is 1. The summed E-state index contributed by atoms with van der Waals surface area (Å²) < 4.78 is 0.898. The number of halogens is 1. The number of hydrogen-bond donors (Lipinski definition) is 2. The van der Waals surface area contributed by atoms with Crippen LogP contribution in [-0.4, -0.2) is 28.6 Å². The fraction of sp³-hybridized carbons (Fsp3) is 0.286. The van der Waals surface area contributed by atoms with E-state index in [1.54, 1.807) is 13.0 Å². The van der Waals surface area contributed by atoms with Crippen molar-refractivity contribution in [2.24, 2.45) is 0 Å². The van der Waals surface area contributed by atoms with Gasteiger partial charge in [0.15, 0.2) is 0 Å². The molecule has 2 rings (SSSR count). The summed E-state index contributed by atoms with van der Waals surface area (Å²) in [6.07, 6.45) is -0.565. The first kappa shape index (κ1) is 14.0. The van der Waals surface area contributed by atoms with Gasteiger partial charge in [0.2, 0.25) is 0 Å². The number of pyridine rings is 1. The monoisotopic (exact) mass is 322 g/mol. The van der Waals surface area contributed by atoms with E-state index >= 15 is 0 Å². The molecule has 19 heavy (non-hydrogen) atoms. The molecule has 100 valence electrons. The second-order valence-electron chi connectivity index (χ2n) is 4.53. The molecule has 0 aliphatic rings. The van der Waals surface area contributed by atoms with Crippen LogP contribution >= 0.6 is 15.9 Å². The van der Waals surface area contributed by atoms with Crippen LogP contribution in [0, 0.1) is 6.92 Å². The van der Waals surface area contributed by atoms with Crippen molar-refractivity contribution in [3.05, 3.63) is 40.0 Å². The molecule has 1 atom stereocenters. The smallest absolute Gasteiger partial charge is 0.252 e. The number of aromatic nitrogens is 1. The zero-order valence-corrected chi connectivity index (χ0v) is 12.4. The summed E-state index contributed by atoms with van der Waals surface area (Å²) in [4.78, 5) is 16.6. The van der Waals surface area contributed by atoms with Gasteiger partial charge < -0.3 is 10.4 Å². The van der Waals surface area contributed by atoms with Crippen molar-refractivity contribution in [2.75, 3.05) is 6.54 Å². The largest absolute Gasteiger partial charge is 0.392 e. The van der Waals surface area contributed by atoms with Crippen molar-refractivity contribution < 1.29 is 9.90 Å². The van der Waals surface area contributed by atoms with Crippen LogP contribution in [0.4, 0.5) is 0 Å². The predicted octanol–water partition coefficient (Wildman–Crippen LogP) is 2.42. The quantitative estimate of drug-likeness (QED) is 0.912. The lowest BCUT2D eigenvalue weighted by Gasteiger charge is -2.10. The van der Waals surface area contributed by atoms with Gasteiger partial charge >= 0.3 is 0 Å². The van der Waals surface area contributed by atoms with Crippen LogP contribution in [0.2, 0.25) is 0 Å². The Kier molecular flexibility index (Phi) is 4.17. The zero-order valence-electron chi connectivity index (χ0n) is 10.8. The van der Waals surface area contributed by atoms with E-state index in [2.05, 4.69) is 26.2 Å². The Balaban J connectivity index is 2.46. The van der Waals surface area contributed by atoms with Crippen molar-refractivity contribution in [3.63, 3.8) is 0 Å². The first-order valence-corrected chi connectivity index (χ1v) is 6.80. The first-order valence-electron chi connectivity index (χ1n) is 6.00. The topological polar surface area (TPSA) is 62.2 Å². The van der Waals surface area contributed by atoms with Gasteiger partial charge in [0, 0.05) is 22.1 Å². The Morgan fingerprint density at radius 3 is 2.89 bits per heavy atom. The second-order valence-corrected chi connectivity index (χ2v) is 5.45. The van der Waals surface area contributed by atoms with Crippen LogP contribution in [0.1, 0.15) is 23.0 Å². The van der Waals surface area contributed by atoms with Crippen molar-refractivity contribution in [3.8, 4) is 0 Å². The van der Waals surface area contributed by atoms with Crippen LogP contribution in [0.25, 0.3) is 10.9 Å². The molecule has 0 bridgehead atoms. The summed E-state index contributed by atoms with van der Waals surface area (Å²) in [6, 6.07) is 7.40. The molecule has 0 fully saturated rings. The summed E-state index contributed by atoms with van der Waals surface area (Å²) in [5.74, 6) is -0.200. The van der Waals surface area contributed by atoms with Gasteiger partial charge in [-0.25, -0.2) is 0 Å². The van der Waals surface area contributed by atoms with E-state index in [0.29, 0.717) is 5.56 Å². The number of aliphatic hydroxyl groups excluding tert-OH is 1. The molecule has 1 unspecified atom stereocenters. The van der Waals surface area contributed by atoms with E-state index in [-0.39, 0.29) is 12.5 Å². The maximum atomic E-state index is 12.2. The predicted molar refractivity (Wildman–Crippen MR) is 78.2 cm³/mol. The molecule has 0 radical (unpaired) electrons. The molecule has 0 saturated carbocycles. The number of fused-ring (bicyclic) bond motifs is 1. The number of nitrogens with one attached hydrogen (secondary N) is 1. The highest BCUT2D eigenvalue weighted by Crippen LogP contribution is 2.22. The molecule has 1 heterocycles. The van der Waals surface area contributed by atoms with Gasteiger partial charge in [0.25, 0.3) is 5.91 Å². The molecule has 0 saturated heterocycles. The summed E-state index contributed by atoms with van der Waals surface area (Å²) in [7, 11) is 0. The maximum Gasteiger partial charge on any atom is 0.252 e. The SMILES string of the molecule is Cc1cc(C(=O)NCC(C)O)c2cc(Br)ccc2n1. The average molecular weight is 323 g/mol. The van der Waals surface area contributed by atoms with Gasteiger partial charge in [0.05, 0.1) is 17.2 Å². The Morgan fingerprint density at radius 2 is 2.21 bits per heavy atom. The molecule has 4 nitrogen and oxygen atoms in total. The Labute approximate surface area is 120 Å². The minimum Gasteiger partial charge on any atom is -0.392 e. The number of carbonyl (C=O) groups is 1. The molecule has 1 amide bonds. The fourth-order valence-corrected chi connectivity index (χ4v) is 2.21. The van der Waals surface area contributed by atoms with E-state index in [0.717, 1.165) is 21.1 Å². The summed E-state index contributed by atoms with van der Waals surface area (Å²) in [5, 5.41) is 12.7. The fourth-order valence-electron chi connectivity index (χ4n) is 1.85. The molecule has 0 aliphatic carbocycles. The minimum atomic E-state index is -0.565. The van der Waals surface area contributed by atoms with Crippen LogP contribution in [0.15, 0.2) is 28.7 Å². The van der Waals surface area contributed by atoms with Crippen molar-refractivity contribution in [1.29, 1.82) is 0 Å². The van der Waals surface area contributed by atoms with E-state index < -0.39 is 6.10 Å². The summed E-state index contributed by atoms with van der Waals surface area (Å²) in [5.41, 5.74) is 2.15. The number of aryl methyl sites for hydroxylation is 1. The second kappa shape index (κ2) is 5.67. The van der Waals surface area contributed by atoms with Crippen molar-refractivity contribution in [2.45, 2.75) is 20.0 Å². The molecule has 2 aromatic rings. The van der Waals surface area contributed by atoms with E-state index in [1.165, 1.54) is 0 Å². The Morgan fingerprint density at radius 1 is 1.47 bits per heavy atom. The molecule has 0 spiro atoms. The van der Waals surface area contributed by atoms with Gasteiger partial charge in [-0.05, 0) is 38.1 Å². The molecule has 1 aromatic carbocycles. The van der Waals surface area contributed by atoms with Crippen molar-refractivity contribution >= 4 is 32.7 Å². The van der Waals surface area contributed by atoms with Crippen LogP contribution in [0.3, 0.4) is 0 Å². The number of amides is 1. The normalized spacial score (nSPS) is 12.4. The molecule has 5 heteroatoms. The van der Waals surface area contributed by atoms with Gasteiger partial charge in [0.1, 0.15) is 0 Å². The number of carbonyl (C=O) groups excluding carboxylic acids is 1. The lowest BCUT2D eigenvalue weighted by molar-refractivity contribution is 0.0925. The van der Waals surface area contributed by atoms with Gasteiger partial charge in [-0.2, -0.15) is 0 Å². The van der Waals surface area contributed by atoms with E-state index in [9.17, 15) is 9.90 Å². The van der Waals surface area contributed by atoms with Crippen LogP contribution in [-0.2, 0) is 0 Å². The molecular formula is C14H15BrN2O2. The molecular weight excluding hydrogens is 308 g/mol. The van der Waals surface area contributed by atoms with Crippen molar-refractivity contribution in [1.82, 2.24) is 10.3 Å². The third kappa shape index (κ3) is 3.30. The highest BCUT2D eigenvalue weighted by molar-refractivity contribution is 9.10. The van der Waals surface area contributed by atoms with Gasteiger partial charge in [-0.1, -0.05) is 15.9 Å². The van der Waals surface area contributed by atoms with Crippen LogP contribution in [0.5, 0.6) is 0 Å². The Bertz CT molecular complexity index is 626. The third-order valence-electron chi connectivity index (χ3n) is 2.70. The average Bonchev–Trinajstić information content (AvgIpc) is 2.35. The lowest BCUT2D eigenvalue weighted by atomic mass is 10.1. The number of rotatable bonds is 3. The first-order chi connectivity index (χ1) is 8.97. The standard InChI is InChI=1S/C14H15BrN2O2/c1-8-5-12(14(19)16-7-9(2)18)11-6-10(15)3-4-13(11)17-8/h3-6,9,18H,7H2,1-2H3,(H,16,19). The number of nitrogens with zero attached hydrogens (tertiary/aromatic N) is 1. The van der Waals surface area contributed by atoms with E-state index in [1.807, 2.05) is 25.1 Å². The summed E-state index contributed by atoms with van der Waals surface area (Å²) in [6.45, 7) is 3.72. The minimum absolute atomic E-state index is 0.200.